The summed E-state index contributed by atoms with van der Waals surface area (Å²) in [5.41, 5.74) is 1.79. The summed E-state index contributed by atoms with van der Waals surface area (Å²) < 4.78 is 0. The molecule has 0 radical (unpaired) electrons. The van der Waals surface area contributed by atoms with Crippen molar-refractivity contribution >= 4 is 5.97 Å². The lowest BCUT2D eigenvalue weighted by molar-refractivity contribution is -0.176. The molecule has 2 aromatic rings. The van der Waals surface area contributed by atoms with Crippen molar-refractivity contribution in [1.82, 2.24) is 9.94 Å². The number of hydrogen-bond acceptors (Lipinski definition) is 3. The molecule has 1 aromatic heterocycles. The fourth-order valence-corrected chi connectivity index (χ4v) is 4.25. The summed E-state index contributed by atoms with van der Waals surface area (Å²) in [5, 5.41) is 13.7. The summed E-state index contributed by atoms with van der Waals surface area (Å²) in [6.45, 7) is 0. The highest BCUT2D eigenvalue weighted by atomic mass is 16.7. The number of hydrogen-bond donors (Lipinski definition) is 1. The van der Waals surface area contributed by atoms with E-state index in [1.165, 1.54) is 16.0 Å². The Hall–Kier alpha value is -2.30. The van der Waals surface area contributed by atoms with Crippen LogP contribution in [0.3, 0.4) is 0 Å². The van der Waals surface area contributed by atoms with E-state index in [4.69, 9.17) is 4.84 Å². The first-order valence-corrected chi connectivity index (χ1v) is 8.15. The van der Waals surface area contributed by atoms with Gasteiger partial charge in [0.05, 0.1) is 12.4 Å². The number of aryl methyl sites for hydroxylation is 1. The van der Waals surface area contributed by atoms with Gasteiger partial charge >= 0.3 is 5.97 Å². The van der Waals surface area contributed by atoms with Gasteiger partial charge in [0.15, 0.2) is 0 Å². The molecule has 23 heavy (non-hydrogen) atoms. The van der Waals surface area contributed by atoms with Crippen LogP contribution in [0.4, 0.5) is 0 Å². The lowest BCUT2D eigenvalue weighted by atomic mass is 9.66. The molecule has 0 aliphatic heterocycles. The van der Waals surface area contributed by atoms with E-state index in [1.54, 1.807) is 18.5 Å². The number of benzene rings is 1. The largest absolute Gasteiger partial charge is 0.478 e. The van der Waals surface area contributed by atoms with E-state index in [0.717, 1.165) is 25.7 Å². The van der Waals surface area contributed by atoms with Crippen molar-refractivity contribution in [2.45, 2.75) is 49.5 Å². The number of aliphatic carboxylic acids is 1. The Bertz CT molecular complexity index is 716. The van der Waals surface area contributed by atoms with Crippen LogP contribution in [0.25, 0.3) is 0 Å². The van der Waals surface area contributed by atoms with Gasteiger partial charge in [-0.2, -0.15) is 0 Å². The number of fused-ring (bicyclic) bond motifs is 2. The Morgan fingerprint density at radius 1 is 1.13 bits per heavy atom. The number of aromatic nitrogens is 2. The highest BCUT2D eigenvalue weighted by Gasteiger charge is 2.52. The number of carbonyl (C=O) groups is 1. The molecule has 120 valence electrons. The molecule has 2 aliphatic carbocycles. The maximum absolute atomic E-state index is 11.9. The van der Waals surface area contributed by atoms with Crippen molar-refractivity contribution in [3.8, 4) is 0 Å². The van der Waals surface area contributed by atoms with E-state index in [2.05, 4.69) is 29.4 Å². The molecular formula is C18H20N2O3. The normalized spacial score (nSPS) is 29.4. The zero-order valence-electron chi connectivity index (χ0n) is 12.9. The maximum Gasteiger partial charge on any atom is 0.350 e. The van der Waals surface area contributed by atoms with Gasteiger partial charge in [-0.1, -0.05) is 24.3 Å². The standard InChI is InChI=1S/C18H20N2O3/c21-16(22)18(23-20-13-3-12-19-20)10-8-17(9-11-18)7-6-14-4-1-2-5-15(14)17/h1-5,12-13H,6-11H2,(H,21,22). The average Bonchev–Trinajstić information content (AvgIpc) is 3.19. The first-order chi connectivity index (χ1) is 11.1. The second-order valence-corrected chi connectivity index (χ2v) is 6.74. The van der Waals surface area contributed by atoms with Crippen molar-refractivity contribution < 1.29 is 14.7 Å². The Morgan fingerprint density at radius 2 is 1.91 bits per heavy atom. The monoisotopic (exact) mass is 312 g/mol. The fraction of sp³-hybridized carbons (Fsp3) is 0.444. The molecule has 0 amide bonds. The van der Waals surface area contributed by atoms with E-state index < -0.39 is 11.6 Å². The van der Waals surface area contributed by atoms with Crippen LogP contribution in [0.15, 0.2) is 42.7 Å². The molecule has 5 heteroatoms. The molecule has 1 heterocycles. The smallest absolute Gasteiger partial charge is 0.350 e. The van der Waals surface area contributed by atoms with E-state index in [1.807, 2.05) is 0 Å². The quantitative estimate of drug-likeness (QED) is 0.946. The summed E-state index contributed by atoms with van der Waals surface area (Å²) in [6, 6.07) is 10.3. The van der Waals surface area contributed by atoms with Gasteiger partial charge in [0.25, 0.3) is 0 Å². The molecule has 1 N–H and O–H groups in total. The van der Waals surface area contributed by atoms with Crippen molar-refractivity contribution in [3.63, 3.8) is 0 Å². The van der Waals surface area contributed by atoms with E-state index in [-0.39, 0.29) is 5.41 Å². The van der Waals surface area contributed by atoms with Crippen LogP contribution in [-0.2, 0) is 16.6 Å². The first-order valence-electron chi connectivity index (χ1n) is 8.15. The lowest BCUT2D eigenvalue weighted by Crippen LogP contribution is -2.53. The minimum Gasteiger partial charge on any atom is -0.478 e. The van der Waals surface area contributed by atoms with Crippen LogP contribution in [0, 0.1) is 0 Å². The summed E-state index contributed by atoms with van der Waals surface area (Å²) in [4.78, 5) is 18.9. The van der Waals surface area contributed by atoms with Crippen LogP contribution in [0.1, 0.15) is 43.2 Å². The summed E-state index contributed by atoms with van der Waals surface area (Å²) in [5.74, 6) is -0.894. The highest BCUT2D eigenvalue weighted by molar-refractivity contribution is 5.77. The Balaban J connectivity index is 1.59. The van der Waals surface area contributed by atoms with Gasteiger partial charge in [-0.05, 0) is 48.3 Å². The molecule has 4 rings (SSSR count). The molecule has 1 spiro atoms. The van der Waals surface area contributed by atoms with E-state index in [9.17, 15) is 9.90 Å². The molecule has 0 unspecified atom stereocenters. The van der Waals surface area contributed by atoms with Crippen LogP contribution in [0.2, 0.25) is 0 Å². The minimum absolute atomic E-state index is 0.128. The second kappa shape index (κ2) is 5.11. The van der Waals surface area contributed by atoms with Crippen LogP contribution < -0.4 is 4.84 Å². The highest BCUT2D eigenvalue weighted by Crippen LogP contribution is 2.51. The van der Waals surface area contributed by atoms with Crippen molar-refractivity contribution in [2.24, 2.45) is 0 Å². The number of rotatable bonds is 3. The van der Waals surface area contributed by atoms with Gasteiger partial charge in [-0.15, -0.1) is 9.94 Å². The van der Waals surface area contributed by atoms with Gasteiger partial charge in [-0.3, -0.25) is 0 Å². The van der Waals surface area contributed by atoms with Gasteiger partial charge in [-0.25, -0.2) is 4.79 Å². The molecular weight excluding hydrogens is 292 g/mol. The van der Waals surface area contributed by atoms with Gasteiger partial charge < -0.3 is 9.94 Å². The van der Waals surface area contributed by atoms with Gasteiger partial charge in [0, 0.05) is 12.8 Å². The molecule has 1 saturated carbocycles. The van der Waals surface area contributed by atoms with Gasteiger partial charge in [0.2, 0.25) is 5.60 Å². The number of carboxylic acid groups (broad SMARTS) is 1. The second-order valence-electron chi connectivity index (χ2n) is 6.74. The van der Waals surface area contributed by atoms with Crippen LogP contribution >= 0.6 is 0 Å². The Morgan fingerprint density at radius 3 is 2.61 bits per heavy atom. The minimum atomic E-state index is -1.17. The Kier molecular flexibility index (Phi) is 3.18. The summed E-state index contributed by atoms with van der Waals surface area (Å²) >= 11 is 0. The van der Waals surface area contributed by atoms with Crippen molar-refractivity contribution in [2.75, 3.05) is 0 Å². The zero-order chi connectivity index (χ0) is 15.9. The lowest BCUT2D eigenvalue weighted by Gasteiger charge is -2.42. The van der Waals surface area contributed by atoms with Crippen LogP contribution in [-0.4, -0.2) is 26.6 Å². The summed E-state index contributed by atoms with van der Waals surface area (Å²) in [7, 11) is 0. The predicted molar refractivity (Wildman–Crippen MR) is 84.1 cm³/mol. The fourth-order valence-electron chi connectivity index (χ4n) is 4.25. The maximum atomic E-state index is 11.9. The third-order valence-corrected chi connectivity index (χ3v) is 5.61. The van der Waals surface area contributed by atoms with E-state index in [0.29, 0.717) is 12.8 Å². The van der Waals surface area contributed by atoms with Crippen molar-refractivity contribution in [1.29, 1.82) is 0 Å². The van der Waals surface area contributed by atoms with E-state index >= 15 is 0 Å². The van der Waals surface area contributed by atoms with Crippen molar-refractivity contribution in [3.05, 3.63) is 53.9 Å². The zero-order valence-corrected chi connectivity index (χ0v) is 12.9. The summed E-state index contributed by atoms with van der Waals surface area (Å²) in [6.07, 6.45) is 8.15. The van der Waals surface area contributed by atoms with Gasteiger partial charge in [0.1, 0.15) is 0 Å². The molecule has 5 nitrogen and oxygen atoms in total. The molecule has 0 bridgehead atoms. The molecule has 2 aliphatic rings. The molecule has 0 atom stereocenters. The molecule has 0 saturated heterocycles. The Labute approximate surface area is 134 Å². The number of carboxylic acids is 1. The predicted octanol–water partition coefficient (Wildman–Crippen LogP) is 2.59. The topological polar surface area (TPSA) is 64.3 Å². The molecule has 1 fully saturated rings. The third-order valence-electron chi connectivity index (χ3n) is 5.61. The SMILES string of the molecule is O=C(O)C1(On2cccn2)CCC2(CCc3ccccc32)CC1. The molecule has 1 aromatic carbocycles. The number of nitrogens with zero attached hydrogens (tertiary/aromatic N) is 2. The average molecular weight is 312 g/mol. The first kappa shape index (κ1) is 14.3. The third kappa shape index (κ3) is 2.22. The van der Waals surface area contributed by atoms with Crippen LogP contribution in [0.5, 0.6) is 0 Å².